The van der Waals surface area contributed by atoms with Crippen LogP contribution in [0.1, 0.15) is 45.0 Å². The van der Waals surface area contributed by atoms with Crippen LogP contribution in [0.3, 0.4) is 0 Å². The van der Waals surface area contributed by atoms with Crippen molar-refractivity contribution in [3.05, 3.63) is 23.9 Å². The summed E-state index contributed by atoms with van der Waals surface area (Å²) in [5.74, 6) is -0.127. The second kappa shape index (κ2) is 4.67. The van der Waals surface area contributed by atoms with Gasteiger partial charge in [-0.3, -0.25) is 4.79 Å². The molecule has 0 spiro atoms. The van der Waals surface area contributed by atoms with Gasteiger partial charge in [0.1, 0.15) is 0 Å². The summed E-state index contributed by atoms with van der Waals surface area (Å²) >= 11 is 0. The van der Waals surface area contributed by atoms with Gasteiger partial charge in [0.25, 0.3) is 0 Å². The van der Waals surface area contributed by atoms with Crippen LogP contribution in [-0.2, 0) is 9.31 Å². The molecule has 1 fully saturated rings. The molecular weight excluding hydrogens is 279 g/mol. The Morgan fingerprint density at radius 1 is 1.18 bits per heavy atom. The first-order chi connectivity index (χ1) is 10.1. The Morgan fingerprint density at radius 3 is 2.32 bits per heavy atom. The summed E-state index contributed by atoms with van der Waals surface area (Å²) in [6.45, 7) is 11.6. The highest BCUT2D eigenvalue weighted by atomic mass is 16.7. The number of nitrogens with zero attached hydrogens (tertiary/aromatic N) is 2. The van der Waals surface area contributed by atoms with Crippen molar-refractivity contribution in [2.45, 2.75) is 52.7 Å². The number of aromatic nitrogens is 2. The van der Waals surface area contributed by atoms with E-state index in [4.69, 9.17) is 9.31 Å². The zero-order valence-electron chi connectivity index (χ0n) is 13.9. The smallest absolute Gasteiger partial charge is 0.399 e. The van der Waals surface area contributed by atoms with Crippen LogP contribution < -0.4 is 5.46 Å². The molecule has 3 rings (SSSR count). The van der Waals surface area contributed by atoms with Crippen molar-refractivity contribution < 1.29 is 14.1 Å². The predicted octanol–water partition coefficient (Wildman–Crippen LogP) is 2.30. The molecule has 1 saturated heterocycles. The Hall–Kier alpha value is -1.66. The quantitative estimate of drug-likeness (QED) is 0.758. The Kier molecular flexibility index (Phi) is 3.24. The lowest BCUT2D eigenvalue weighted by atomic mass is 9.75. The highest BCUT2D eigenvalue weighted by molar-refractivity contribution is 6.65. The topological polar surface area (TPSA) is 53.4 Å². The fraction of sp³-hybridized carbons (Fsp3) is 0.500. The monoisotopic (exact) mass is 300 g/mol. The third kappa shape index (κ3) is 2.09. The summed E-state index contributed by atoms with van der Waals surface area (Å²) in [4.78, 5) is 11.9. The number of aryl methyl sites for hydroxylation is 1. The van der Waals surface area contributed by atoms with E-state index in [1.54, 1.807) is 6.20 Å². The van der Waals surface area contributed by atoms with Crippen molar-refractivity contribution in [1.29, 1.82) is 0 Å². The van der Waals surface area contributed by atoms with E-state index < -0.39 is 18.3 Å². The van der Waals surface area contributed by atoms with Gasteiger partial charge in [0.15, 0.2) is 0 Å². The van der Waals surface area contributed by atoms with Crippen molar-refractivity contribution in [3.63, 3.8) is 0 Å². The third-order valence-electron chi connectivity index (χ3n) is 4.78. The summed E-state index contributed by atoms with van der Waals surface area (Å²) in [5, 5.41) is 5.10. The number of hydrogen-bond donors (Lipinski definition) is 0. The Labute approximate surface area is 130 Å². The Morgan fingerprint density at radius 2 is 1.77 bits per heavy atom. The molecule has 0 radical (unpaired) electrons. The third-order valence-corrected chi connectivity index (χ3v) is 4.78. The van der Waals surface area contributed by atoms with Gasteiger partial charge in [-0.25, -0.2) is 4.68 Å². The van der Waals surface area contributed by atoms with Crippen molar-refractivity contribution in [1.82, 2.24) is 9.78 Å². The minimum absolute atomic E-state index is 0.127. The van der Waals surface area contributed by atoms with Crippen molar-refractivity contribution in [2.75, 3.05) is 0 Å². The van der Waals surface area contributed by atoms with Gasteiger partial charge >= 0.3 is 7.12 Å². The van der Waals surface area contributed by atoms with Crippen molar-refractivity contribution >= 4 is 29.4 Å². The van der Waals surface area contributed by atoms with Gasteiger partial charge in [0.2, 0.25) is 5.91 Å². The van der Waals surface area contributed by atoms with Crippen molar-refractivity contribution in [2.24, 2.45) is 0 Å². The lowest BCUT2D eigenvalue weighted by Gasteiger charge is -2.32. The number of carbonyl (C=O) groups is 1. The molecule has 0 saturated carbocycles. The van der Waals surface area contributed by atoms with Gasteiger partial charge in [-0.2, -0.15) is 5.10 Å². The van der Waals surface area contributed by atoms with Gasteiger partial charge in [0.05, 0.1) is 22.9 Å². The maximum atomic E-state index is 11.9. The molecule has 6 heteroatoms. The average Bonchev–Trinajstić information content (AvgIpc) is 2.88. The summed E-state index contributed by atoms with van der Waals surface area (Å²) in [5.41, 5.74) is 1.82. The van der Waals surface area contributed by atoms with E-state index in [1.165, 1.54) is 11.6 Å². The number of benzene rings is 1. The van der Waals surface area contributed by atoms with E-state index in [9.17, 15) is 4.79 Å². The SMILES string of the molecule is CC(=O)n1ncc2ccc(C)c(B3OC(C)(C)C(C)(C)O3)c21. The van der Waals surface area contributed by atoms with E-state index >= 15 is 0 Å². The average molecular weight is 300 g/mol. The first kappa shape index (κ1) is 15.2. The van der Waals surface area contributed by atoms with Crippen LogP contribution in [0.15, 0.2) is 18.3 Å². The maximum absolute atomic E-state index is 11.9. The van der Waals surface area contributed by atoms with Crippen LogP contribution in [0.5, 0.6) is 0 Å². The van der Waals surface area contributed by atoms with Crippen LogP contribution in [0, 0.1) is 6.92 Å². The van der Waals surface area contributed by atoms with Crippen LogP contribution in [0.25, 0.3) is 10.9 Å². The van der Waals surface area contributed by atoms with Gasteiger partial charge < -0.3 is 9.31 Å². The van der Waals surface area contributed by atoms with E-state index in [-0.39, 0.29) is 5.91 Å². The number of hydrogen-bond acceptors (Lipinski definition) is 4. The van der Waals surface area contributed by atoms with Crippen LogP contribution >= 0.6 is 0 Å². The highest BCUT2D eigenvalue weighted by Crippen LogP contribution is 2.37. The summed E-state index contributed by atoms with van der Waals surface area (Å²) in [6, 6.07) is 3.97. The van der Waals surface area contributed by atoms with E-state index in [0.717, 1.165) is 21.9 Å². The lowest BCUT2D eigenvalue weighted by Crippen LogP contribution is -2.41. The molecule has 5 nitrogen and oxygen atoms in total. The molecule has 2 heterocycles. The van der Waals surface area contributed by atoms with E-state index in [0.29, 0.717) is 0 Å². The molecule has 2 aromatic rings. The molecule has 116 valence electrons. The van der Waals surface area contributed by atoms with Crippen LogP contribution in [0.4, 0.5) is 0 Å². The fourth-order valence-corrected chi connectivity index (χ4v) is 2.74. The molecule has 0 bridgehead atoms. The fourth-order valence-electron chi connectivity index (χ4n) is 2.74. The minimum Gasteiger partial charge on any atom is -0.399 e. The molecule has 1 aromatic carbocycles. The number of carbonyl (C=O) groups excluding carboxylic acids is 1. The first-order valence-corrected chi connectivity index (χ1v) is 7.48. The number of rotatable bonds is 1. The maximum Gasteiger partial charge on any atom is 0.497 e. The van der Waals surface area contributed by atoms with Gasteiger partial charge in [-0.15, -0.1) is 0 Å². The molecule has 0 N–H and O–H groups in total. The Bertz CT molecular complexity index is 748. The Balaban J connectivity index is 2.21. The lowest BCUT2D eigenvalue weighted by molar-refractivity contribution is 0.00578. The standard InChI is InChI=1S/C16H21BN2O3/c1-10-7-8-12-9-18-19(11(2)20)14(12)13(10)17-21-15(3,4)16(5,6)22-17/h7-9H,1-6H3. The van der Waals surface area contributed by atoms with E-state index in [1.807, 2.05) is 46.8 Å². The zero-order chi connectivity index (χ0) is 16.3. The molecular formula is C16H21BN2O3. The second-order valence-electron chi connectivity index (χ2n) is 6.90. The number of fused-ring (bicyclic) bond motifs is 1. The highest BCUT2D eigenvalue weighted by Gasteiger charge is 2.52. The van der Waals surface area contributed by atoms with Crippen LogP contribution in [-0.4, -0.2) is 34.0 Å². The molecule has 22 heavy (non-hydrogen) atoms. The molecule has 0 aliphatic carbocycles. The second-order valence-corrected chi connectivity index (χ2v) is 6.90. The van der Waals surface area contributed by atoms with Crippen LogP contribution in [0.2, 0.25) is 0 Å². The summed E-state index contributed by atoms with van der Waals surface area (Å²) in [7, 11) is -0.511. The molecule has 0 atom stereocenters. The van der Waals surface area contributed by atoms with Crippen molar-refractivity contribution in [3.8, 4) is 0 Å². The minimum atomic E-state index is -0.511. The zero-order valence-corrected chi connectivity index (χ0v) is 13.9. The summed E-state index contributed by atoms with van der Waals surface area (Å²) in [6.07, 6.45) is 1.70. The predicted molar refractivity (Wildman–Crippen MR) is 86.5 cm³/mol. The van der Waals surface area contributed by atoms with Gasteiger partial charge in [-0.1, -0.05) is 12.1 Å². The first-order valence-electron chi connectivity index (χ1n) is 7.48. The van der Waals surface area contributed by atoms with E-state index in [2.05, 4.69) is 5.10 Å². The largest absolute Gasteiger partial charge is 0.497 e. The molecule has 1 aliphatic rings. The van der Waals surface area contributed by atoms with Gasteiger partial charge in [0, 0.05) is 17.8 Å². The molecule has 1 aliphatic heterocycles. The molecule has 0 unspecified atom stereocenters. The normalized spacial score (nSPS) is 19.8. The summed E-state index contributed by atoms with van der Waals surface area (Å²) < 4.78 is 13.8. The molecule has 0 amide bonds. The molecule has 1 aromatic heterocycles. The van der Waals surface area contributed by atoms with Gasteiger partial charge in [-0.05, 0) is 40.2 Å².